The molecule has 0 saturated heterocycles. The van der Waals surface area contributed by atoms with Crippen molar-refractivity contribution in [2.24, 2.45) is 0 Å². The number of nitrogens with zero attached hydrogens (tertiary/aromatic N) is 1. The van der Waals surface area contributed by atoms with E-state index in [9.17, 15) is 0 Å². The molecule has 0 aliphatic rings. The molecule has 3 nitrogen and oxygen atoms in total. The number of aryl methyl sites for hydroxylation is 1. The third kappa shape index (κ3) is 3.98. The lowest BCUT2D eigenvalue weighted by Crippen LogP contribution is -2.17. The summed E-state index contributed by atoms with van der Waals surface area (Å²) < 4.78 is 5.05. The smallest absolute Gasteiger partial charge is 0.0462 e. The van der Waals surface area contributed by atoms with Crippen molar-refractivity contribution < 1.29 is 4.74 Å². The van der Waals surface area contributed by atoms with Crippen LogP contribution in [0.1, 0.15) is 30.1 Å². The summed E-state index contributed by atoms with van der Waals surface area (Å²) in [6.07, 6.45) is 4.09. The largest absolute Gasteiger partial charge is 0.385 e. The van der Waals surface area contributed by atoms with Crippen molar-refractivity contribution in [1.82, 2.24) is 10.3 Å². The highest BCUT2D eigenvalue weighted by atomic mass is 16.5. The molecule has 1 aromatic rings. The zero-order valence-corrected chi connectivity index (χ0v) is 9.79. The number of methoxy groups -OCH3 is 1. The monoisotopic (exact) mass is 208 g/mol. The van der Waals surface area contributed by atoms with Gasteiger partial charge in [-0.05, 0) is 38.4 Å². The fourth-order valence-corrected chi connectivity index (χ4v) is 1.59. The highest BCUT2D eigenvalue weighted by Gasteiger charge is 2.08. The Balaban J connectivity index is 2.53. The van der Waals surface area contributed by atoms with Crippen LogP contribution >= 0.6 is 0 Å². The molecule has 1 atom stereocenters. The Morgan fingerprint density at radius 2 is 2.27 bits per heavy atom. The molecule has 1 heterocycles. The molecular formula is C12H20N2O. The third-order valence-corrected chi connectivity index (χ3v) is 2.53. The van der Waals surface area contributed by atoms with Gasteiger partial charge in [0, 0.05) is 31.6 Å². The van der Waals surface area contributed by atoms with E-state index >= 15 is 0 Å². The molecule has 1 unspecified atom stereocenters. The van der Waals surface area contributed by atoms with E-state index in [1.165, 1.54) is 5.56 Å². The number of nitrogens with one attached hydrogen (secondary N) is 1. The van der Waals surface area contributed by atoms with Crippen molar-refractivity contribution in [2.75, 3.05) is 20.8 Å². The van der Waals surface area contributed by atoms with E-state index in [1.807, 2.05) is 20.2 Å². The van der Waals surface area contributed by atoms with Crippen molar-refractivity contribution in [2.45, 2.75) is 25.8 Å². The summed E-state index contributed by atoms with van der Waals surface area (Å²) in [6, 6.07) is 4.57. The van der Waals surface area contributed by atoms with Crippen LogP contribution in [0.5, 0.6) is 0 Å². The van der Waals surface area contributed by atoms with Gasteiger partial charge in [-0.3, -0.25) is 4.98 Å². The molecule has 1 rings (SSSR count). The van der Waals surface area contributed by atoms with Gasteiger partial charge in [-0.25, -0.2) is 0 Å². The summed E-state index contributed by atoms with van der Waals surface area (Å²) in [4.78, 5) is 4.30. The van der Waals surface area contributed by atoms with Crippen molar-refractivity contribution in [1.29, 1.82) is 0 Å². The van der Waals surface area contributed by atoms with Gasteiger partial charge in [-0.1, -0.05) is 6.07 Å². The van der Waals surface area contributed by atoms with E-state index in [-0.39, 0.29) is 0 Å². The lowest BCUT2D eigenvalue weighted by Gasteiger charge is -2.16. The van der Waals surface area contributed by atoms with Gasteiger partial charge in [-0.15, -0.1) is 0 Å². The summed E-state index contributed by atoms with van der Waals surface area (Å²) in [5.74, 6) is 0. The molecule has 0 saturated carbocycles. The van der Waals surface area contributed by atoms with Gasteiger partial charge in [-0.2, -0.15) is 0 Å². The quantitative estimate of drug-likeness (QED) is 0.727. The van der Waals surface area contributed by atoms with Gasteiger partial charge in [0.25, 0.3) is 0 Å². The fraction of sp³-hybridized carbons (Fsp3) is 0.583. The van der Waals surface area contributed by atoms with Crippen LogP contribution in [0.25, 0.3) is 0 Å². The zero-order chi connectivity index (χ0) is 11.1. The number of hydrogen-bond donors (Lipinski definition) is 1. The molecule has 0 radical (unpaired) electrons. The molecule has 1 N–H and O–H groups in total. The fourth-order valence-electron chi connectivity index (χ4n) is 1.59. The predicted octanol–water partition coefficient (Wildman–Crippen LogP) is 2.08. The summed E-state index contributed by atoms with van der Waals surface area (Å²) in [7, 11) is 3.72. The molecule has 0 aliphatic heterocycles. The second-order valence-electron chi connectivity index (χ2n) is 3.71. The molecule has 0 spiro atoms. The van der Waals surface area contributed by atoms with Crippen LogP contribution in [0.2, 0.25) is 0 Å². The second-order valence-corrected chi connectivity index (χ2v) is 3.71. The summed E-state index contributed by atoms with van der Waals surface area (Å²) in [5.41, 5.74) is 2.31. The van der Waals surface area contributed by atoms with Crippen LogP contribution in [-0.2, 0) is 4.74 Å². The van der Waals surface area contributed by atoms with Crippen molar-refractivity contribution in [3.8, 4) is 0 Å². The molecule has 15 heavy (non-hydrogen) atoms. The van der Waals surface area contributed by atoms with Gasteiger partial charge < -0.3 is 10.1 Å². The second kappa shape index (κ2) is 6.53. The SMILES string of the molecule is CNC(CCCOC)c1ccc(C)nc1. The maximum Gasteiger partial charge on any atom is 0.0462 e. The van der Waals surface area contributed by atoms with Crippen LogP contribution in [-0.4, -0.2) is 25.7 Å². The maximum absolute atomic E-state index is 5.05. The van der Waals surface area contributed by atoms with E-state index in [0.717, 1.165) is 25.1 Å². The van der Waals surface area contributed by atoms with E-state index in [2.05, 4.69) is 22.4 Å². The highest BCUT2D eigenvalue weighted by Crippen LogP contribution is 2.17. The number of hydrogen-bond acceptors (Lipinski definition) is 3. The van der Waals surface area contributed by atoms with Crippen LogP contribution in [0, 0.1) is 6.92 Å². The minimum Gasteiger partial charge on any atom is -0.385 e. The first-order valence-electron chi connectivity index (χ1n) is 5.36. The van der Waals surface area contributed by atoms with Crippen LogP contribution in [0.3, 0.4) is 0 Å². The van der Waals surface area contributed by atoms with Crippen molar-refractivity contribution >= 4 is 0 Å². The molecule has 0 amide bonds. The first-order chi connectivity index (χ1) is 7.27. The van der Waals surface area contributed by atoms with Crippen molar-refractivity contribution in [3.05, 3.63) is 29.6 Å². The van der Waals surface area contributed by atoms with Gasteiger partial charge in [0.15, 0.2) is 0 Å². The normalized spacial score (nSPS) is 12.7. The number of rotatable bonds is 6. The van der Waals surface area contributed by atoms with Crippen LogP contribution in [0.4, 0.5) is 0 Å². The summed E-state index contributed by atoms with van der Waals surface area (Å²) in [5, 5.41) is 3.30. The Morgan fingerprint density at radius 3 is 2.80 bits per heavy atom. The summed E-state index contributed by atoms with van der Waals surface area (Å²) in [6.45, 7) is 2.82. The topological polar surface area (TPSA) is 34.1 Å². The van der Waals surface area contributed by atoms with Gasteiger partial charge in [0.05, 0.1) is 0 Å². The first-order valence-corrected chi connectivity index (χ1v) is 5.36. The number of aromatic nitrogens is 1. The van der Waals surface area contributed by atoms with E-state index in [1.54, 1.807) is 7.11 Å². The third-order valence-electron chi connectivity index (χ3n) is 2.53. The Bertz CT molecular complexity index is 271. The first kappa shape index (κ1) is 12.1. The van der Waals surface area contributed by atoms with Crippen LogP contribution < -0.4 is 5.32 Å². The lowest BCUT2D eigenvalue weighted by molar-refractivity contribution is 0.189. The van der Waals surface area contributed by atoms with Gasteiger partial charge in [0.1, 0.15) is 0 Å². The number of ether oxygens (including phenoxy) is 1. The molecule has 3 heteroatoms. The predicted molar refractivity (Wildman–Crippen MR) is 61.9 cm³/mol. The van der Waals surface area contributed by atoms with E-state index in [0.29, 0.717) is 6.04 Å². The average Bonchev–Trinajstić information content (AvgIpc) is 2.26. The Hall–Kier alpha value is -0.930. The highest BCUT2D eigenvalue weighted by molar-refractivity contribution is 5.16. The van der Waals surface area contributed by atoms with E-state index in [4.69, 9.17) is 4.74 Å². The van der Waals surface area contributed by atoms with Crippen LogP contribution in [0.15, 0.2) is 18.3 Å². The van der Waals surface area contributed by atoms with Gasteiger partial charge in [0.2, 0.25) is 0 Å². The average molecular weight is 208 g/mol. The maximum atomic E-state index is 5.05. The molecule has 84 valence electrons. The molecule has 1 aromatic heterocycles. The molecular weight excluding hydrogens is 188 g/mol. The Kier molecular flexibility index (Phi) is 5.29. The van der Waals surface area contributed by atoms with Crippen molar-refractivity contribution in [3.63, 3.8) is 0 Å². The minimum atomic E-state index is 0.383. The molecule has 0 fully saturated rings. The Morgan fingerprint density at radius 1 is 1.47 bits per heavy atom. The van der Waals surface area contributed by atoms with Gasteiger partial charge >= 0.3 is 0 Å². The molecule has 0 aromatic carbocycles. The lowest BCUT2D eigenvalue weighted by atomic mass is 10.0. The number of pyridine rings is 1. The molecule has 0 bridgehead atoms. The zero-order valence-electron chi connectivity index (χ0n) is 9.79. The summed E-state index contributed by atoms with van der Waals surface area (Å²) >= 11 is 0. The molecule has 0 aliphatic carbocycles. The Labute approximate surface area is 91.9 Å². The standard InChI is InChI=1S/C12H20N2O/c1-10-6-7-11(9-14-10)12(13-2)5-4-8-15-3/h6-7,9,12-13H,4-5,8H2,1-3H3. The minimum absolute atomic E-state index is 0.383. The van der Waals surface area contributed by atoms with E-state index < -0.39 is 0 Å².